The highest BCUT2D eigenvalue weighted by atomic mass is 16.8. The maximum Gasteiger partial charge on any atom is 0.535 e. The standard InChI is InChI=1S/C11H18N4O5/c1-11(2,3)18-10(16)20-12-9-8-15(13-19-9)14-4-6-17-7-5-14/h8H,4-7H2,1-3H3/b12-9-. The molecule has 1 aromatic heterocycles. The third kappa shape index (κ3) is 4.26. The van der Waals surface area contributed by atoms with Crippen molar-refractivity contribution in [1.82, 2.24) is 5.27 Å². The number of rotatable bonds is 2. The van der Waals surface area contributed by atoms with Gasteiger partial charge in [0, 0.05) is 13.1 Å². The van der Waals surface area contributed by atoms with Crippen molar-refractivity contribution in [3.05, 3.63) is 11.8 Å². The average Bonchev–Trinajstić information content (AvgIpc) is 2.84. The Bertz CT molecular complexity index is 509. The molecular formula is C11H18N4O5. The van der Waals surface area contributed by atoms with E-state index in [1.165, 1.54) is 11.0 Å². The first-order valence-corrected chi connectivity index (χ1v) is 6.27. The molecule has 0 amide bonds. The molecular weight excluding hydrogens is 268 g/mol. The zero-order valence-electron chi connectivity index (χ0n) is 11.7. The van der Waals surface area contributed by atoms with Gasteiger partial charge in [0.15, 0.2) is 0 Å². The van der Waals surface area contributed by atoms with E-state index in [0.717, 1.165) is 0 Å². The highest BCUT2D eigenvalue weighted by Crippen LogP contribution is 2.07. The second-order valence-electron chi connectivity index (χ2n) is 5.17. The number of aromatic nitrogens is 2. The van der Waals surface area contributed by atoms with Crippen LogP contribution in [0.25, 0.3) is 0 Å². The summed E-state index contributed by atoms with van der Waals surface area (Å²) in [5.41, 5.74) is -0.566. The number of hydrogen-bond acceptors (Lipinski definition) is 7. The smallest absolute Gasteiger partial charge is 0.427 e. The molecule has 0 unspecified atom stereocenters. The molecule has 1 aromatic rings. The minimum atomic E-state index is -0.896. The Kier molecular flexibility index (Phi) is 4.28. The summed E-state index contributed by atoms with van der Waals surface area (Å²) in [7, 11) is 0. The molecule has 112 valence electrons. The van der Waals surface area contributed by atoms with Crippen molar-refractivity contribution in [1.29, 1.82) is 0 Å². The fraction of sp³-hybridized carbons (Fsp3) is 0.727. The molecule has 1 aliphatic heterocycles. The van der Waals surface area contributed by atoms with Crippen LogP contribution < -0.4 is 20.6 Å². The maximum absolute atomic E-state index is 11.3. The third-order valence-electron chi connectivity index (χ3n) is 2.32. The van der Waals surface area contributed by atoms with Gasteiger partial charge in [0.1, 0.15) is 5.60 Å². The van der Waals surface area contributed by atoms with Crippen molar-refractivity contribution in [2.75, 3.05) is 31.3 Å². The number of carbonyl (C=O) groups is 1. The summed E-state index contributed by atoms with van der Waals surface area (Å²) in [6, 6.07) is 0. The molecule has 20 heavy (non-hydrogen) atoms. The summed E-state index contributed by atoms with van der Waals surface area (Å²) in [5, 5.41) is 9.22. The highest BCUT2D eigenvalue weighted by molar-refractivity contribution is 5.60. The Morgan fingerprint density at radius 2 is 2.15 bits per heavy atom. The Balaban J connectivity index is 1.94. The Morgan fingerprint density at radius 1 is 1.45 bits per heavy atom. The van der Waals surface area contributed by atoms with E-state index in [2.05, 4.69) is 15.3 Å². The molecule has 0 aromatic carbocycles. The summed E-state index contributed by atoms with van der Waals surface area (Å²) in [6.45, 7) is 7.84. The van der Waals surface area contributed by atoms with E-state index < -0.39 is 11.8 Å². The summed E-state index contributed by atoms with van der Waals surface area (Å²) >= 11 is 0. The van der Waals surface area contributed by atoms with Crippen LogP contribution in [0, 0.1) is 0 Å². The lowest BCUT2D eigenvalue weighted by Gasteiger charge is -2.26. The monoisotopic (exact) mass is 286 g/mol. The quantitative estimate of drug-likeness (QED) is 0.306. The van der Waals surface area contributed by atoms with Crippen LogP contribution >= 0.6 is 0 Å². The van der Waals surface area contributed by atoms with E-state index in [9.17, 15) is 4.79 Å². The van der Waals surface area contributed by atoms with Gasteiger partial charge in [-0.3, -0.25) is 9.85 Å². The number of nitrogens with zero attached hydrogens (tertiary/aromatic N) is 4. The van der Waals surface area contributed by atoms with Gasteiger partial charge in [-0.25, -0.2) is 4.79 Å². The van der Waals surface area contributed by atoms with Crippen LogP contribution in [0.15, 0.2) is 15.9 Å². The zero-order chi connectivity index (χ0) is 14.6. The van der Waals surface area contributed by atoms with Crippen LogP contribution in [0.1, 0.15) is 20.8 Å². The van der Waals surface area contributed by atoms with Gasteiger partial charge in [0.25, 0.3) is 6.20 Å². The predicted molar refractivity (Wildman–Crippen MR) is 63.9 cm³/mol. The Hall–Kier alpha value is -2.03. The molecule has 9 heteroatoms. The first-order valence-electron chi connectivity index (χ1n) is 6.27. The van der Waals surface area contributed by atoms with Crippen molar-refractivity contribution >= 4 is 6.16 Å². The second-order valence-corrected chi connectivity index (χ2v) is 5.17. The SMILES string of the molecule is CC(C)(C)OC(=O)O/N=c1/c[n+](N2CCOCC2)[n-]o1. The fourth-order valence-corrected chi connectivity index (χ4v) is 1.51. The number of morpholine rings is 1. The van der Waals surface area contributed by atoms with Crippen molar-refractivity contribution in [3.63, 3.8) is 0 Å². The minimum Gasteiger partial charge on any atom is -0.427 e. The van der Waals surface area contributed by atoms with E-state index in [1.807, 2.05) is 5.01 Å². The fourth-order valence-electron chi connectivity index (χ4n) is 1.51. The van der Waals surface area contributed by atoms with Gasteiger partial charge in [-0.15, -0.1) is 0 Å². The summed E-state index contributed by atoms with van der Waals surface area (Å²) in [4.78, 5) is 17.4. The van der Waals surface area contributed by atoms with Gasteiger partial charge in [-0.2, -0.15) is 0 Å². The Morgan fingerprint density at radius 3 is 2.80 bits per heavy atom. The molecule has 0 radical (unpaired) electrons. The van der Waals surface area contributed by atoms with Crippen molar-refractivity contribution < 1.29 is 28.4 Å². The Labute approximate surface area is 115 Å². The largest absolute Gasteiger partial charge is 0.535 e. The van der Waals surface area contributed by atoms with Crippen LogP contribution in [0.3, 0.4) is 0 Å². The van der Waals surface area contributed by atoms with E-state index in [1.54, 1.807) is 20.8 Å². The van der Waals surface area contributed by atoms with Gasteiger partial charge < -0.3 is 14.0 Å². The van der Waals surface area contributed by atoms with Crippen LogP contribution in [0.5, 0.6) is 0 Å². The molecule has 9 nitrogen and oxygen atoms in total. The normalized spacial score (nSPS) is 17.1. The molecule has 0 spiro atoms. The first-order chi connectivity index (χ1) is 9.44. The van der Waals surface area contributed by atoms with Crippen molar-refractivity contribution in [2.24, 2.45) is 5.16 Å². The lowest BCUT2D eigenvalue weighted by Crippen LogP contribution is -2.63. The van der Waals surface area contributed by atoms with Crippen LogP contribution in [0.4, 0.5) is 4.79 Å². The van der Waals surface area contributed by atoms with Gasteiger partial charge in [0.2, 0.25) is 0 Å². The van der Waals surface area contributed by atoms with Crippen molar-refractivity contribution in [3.8, 4) is 0 Å². The van der Waals surface area contributed by atoms with E-state index in [4.69, 9.17) is 14.0 Å². The molecule has 0 bridgehead atoms. The number of ether oxygens (including phenoxy) is 2. The first kappa shape index (κ1) is 14.4. The molecule has 1 aliphatic rings. The predicted octanol–water partition coefficient (Wildman–Crippen LogP) is -0.740. The number of hydrogen-bond donors (Lipinski definition) is 0. The van der Waals surface area contributed by atoms with Gasteiger partial charge in [0.05, 0.1) is 13.2 Å². The van der Waals surface area contributed by atoms with Gasteiger partial charge >= 0.3 is 11.7 Å². The van der Waals surface area contributed by atoms with E-state index >= 15 is 0 Å². The summed E-state index contributed by atoms with van der Waals surface area (Å²) < 4.78 is 15.1. The molecule has 0 atom stereocenters. The molecule has 0 N–H and O–H groups in total. The van der Waals surface area contributed by atoms with Gasteiger partial charge in [-0.1, -0.05) is 4.79 Å². The molecule has 1 fully saturated rings. The molecule has 2 rings (SSSR count). The summed E-state index contributed by atoms with van der Waals surface area (Å²) in [6.07, 6.45) is 0.613. The topological polar surface area (TPSA) is 91.5 Å². The van der Waals surface area contributed by atoms with E-state index in [0.29, 0.717) is 26.3 Å². The lowest BCUT2D eigenvalue weighted by atomic mass is 10.2. The highest BCUT2D eigenvalue weighted by Gasteiger charge is 2.18. The molecule has 2 heterocycles. The molecule has 1 saturated heterocycles. The number of carbonyl (C=O) groups excluding carboxylic acids is 1. The molecule has 0 saturated carbocycles. The lowest BCUT2D eigenvalue weighted by molar-refractivity contribution is -0.765. The van der Waals surface area contributed by atoms with E-state index in [-0.39, 0.29) is 5.55 Å². The average molecular weight is 286 g/mol. The van der Waals surface area contributed by atoms with Crippen LogP contribution in [-0.4, -0.2) is 38.1 Å². The molecule has 0 aliphatic carbocycles. The zero-order valence-corrected chi connectivity index (χ0v) is 11.7. The van der Waals surface area contributed by atoms with Gasteiger partial charge in [-0.05, 0) is 31.2 Å². The third-order valence-corrected chi connectivity index (χ3v) is 2.32. The minimum absolute atomic E-state index is 0.0716. The summed E-state index contributed by atoms with van der Waals surface area (Å²) in [5.74, 6) is 0. The van der Waals surface area contributed by atoms with Crippen molar-refractivity contribution in [2.45, 2.75) is 26.4 Å². The van der Waals surface area contributed by atoms with Crippen LogP contribution in [0.2, 0.25) is 0 Å². The maximum atomic E-state index is 11.3. The van der Waals surface area contributed by atoms with Crippen LogP contribution in [-0.2, 0) is 14.3 Å². The second kappa shape index (κ2) is 5.95.